The van der Waals surface area contributed by atoms with Crippen molar-refractivity contribution < 1.29 is 8.42 Å². The number of pyridine rings is 1. The lowest BCUT2D eigenvalue weighted by Gasteiger charge is -2.34. The van der Waals surface area contributed by atoms with Crippen LogP contribution in [0.1, 0.15) is 6.92 Å². The fourth-order valence-electron chi connectivity index (χ4n) is 3.30. The topological polar surface area (TPSA) is 88.4 Å². The Bertz CT molecular complexity index is 1180. The van der Waals surface area contributed by atoms with Crippen molar-refractivity contribution in [2.45, 2.75) is 17.7 Å². The van der Waals surface area contributed by atoms with E-state index >= 15 is 0 Å². The van der Waals surface area contributed by atoms with E-state index in [-0.39, 0.29) is 22.9 Å². The first-order chi connectivity index (χ1) is 13.4. The minimum Gasteiger partial charge on any atom is -0.349 e. The van der Waals surface area contributed by atoms with Crippen LogP contribution in [-0.4, -0.2) is 53.4 Å². The summed E-state index contributed by atoms with van der Waals surface area (Å²) < 4.78 is 29.2. The van der Waals surface area contributed by atoms with Gasteiger partial charge in [-0.05, 0) is 25.1 Å². The number of rotatable bonds is 4. The van der Waals surface area contributed by atoms with Gasteiger partial charge in [0.25, 0.3) is 15.6 Å². The molecule has 1 fully saturated rings. The van der Waals surface area contributed by atoms with E-state index in [0.717, 1.165) is 11.3 Å². The highest BCUT2D eigenvalue weighted by Crippen LogP contribution is 2.29. The van der Waals surface area contributed by atoms with E-state index in [0.29, 0.717) is 40.8 Å². The molecule has 0 bridgehead atoms. The number of anilines is 1. The monoisotopic (exact) mass is 439 g/mol. The highest BCUT2D eigenvalue weighted by Gasteiger charge is 2.31. The second-order valence-electron chi connectivity index (χ2n) is 6.30. The summed E-state index contributed by atoms with van der Waals surface area (Å²) in [6.07, 6.45) is 3.27. The smallest absolute Gasteiger partial charge is 0.294 e. The molecule has 4 rings (SSSR count). The third-order valence-corrected chi connectivity index (χ3v) is 8.33. The summed E-state index contributed by atoms with van der Waals surface area (Å²) in [5.74, 6) is 0.344. The van der Waals surface area contributed by atoms with Crippen molar-refractivity contribution in [2.75, 3.05) is 31.1 Å². The quantitative estimate of drug-likeness (QED) is 0.618. The number of hydrogen-bond acceptors (Lipinski definition) is 7. The number of nitrogens with zero attached hydrogens (tertiary/aromatic N) is 5. The largest absolute Gasteiger partial charge is 0.349 e. The van der Waals surface area contributed by atoms with E-state index in [1.165, 1.54) is 10.4 Å². The fourth-order valence-corrected chi connectivity index (χ4v) is 6.36. The Morgan fingerprint density at radius 3 is 2.57 bits per heavy atom. The number of thiophene rings is 1. The highest BCUT2D eigenvalue weighted by atomic mass is 35.5. The molecule has 0 amide bonds. The molecule has 28 heavy (non-hydrogen) atoms. The average Bonchev–Trinajstić information content (AvgIpc) is 3.15. The van der Waals surface area contributed by atoms with Crippen molar-refractivity contribution in [3.63, 3.8) is 0 Å². The number of aryl methyl sites for hydroxylation is 1. The Morgan fingerprint density at radius 1 is 1.18 bits per heavy atom. The van der Waals surface area contributed by atoms with Crippen LogP contribution in [-0.2, 0) is 16.6 Å². The SMILES string of the molecule is CCn1c(=O)c(N2CCN(S(=O)(=O)c3ccc(Cl)s3)CC2)nc2ccncc21. The number of sulfonamides is 1. The molecule has 11 heteroatoms. The first-order valence-corrected chi connectivity index (χ1v) is 11.4. The zero-order valence-corrected chi connectivity index (χ0v) is 17.5. The molecule has 1 aliphatic rings. The maximum atomic E-state index is 12.9. The van der Waals surface area contributed by atoms with Crippen LogP contribution in [0, 0.1) is 0 Å². The van der Waals surface area contributed by atoms with E-state index in [9.17, 15) is 13.2 Å². The van der Waals surface area contributed by atoms with Crippen LogP contribution >= 0.6 is 22.9 Å². The maximum absolute atomic E-state index is 12.9. The van der Waals surface area contributed by atoms with E-state index in [1.807, 2.05) is 11.8 Å². The Kier molecular flexibility index (Phi) is 5.13. The van der Waals surface area contributed by atoms with Gasteiger partial charge in [0.15, 0.2) is 5.82 Å². The Hall–Kier alpha value is -2.01. The number of hydrogen-bond donors (Lipinski definition) is 0. The van der Waals surface area contributed by atoms with Gasteiger partial charge in [-0.2, -0.15) is 4.31 Å². The molecule has 1 aliphatic heterocycles. The molecule has 0 saturated carbocycles. The van der Waals surface area contributed by atoms with E-state index in [1.54, 1.807) is 29.1 Å². The minimum atomic E-state index is -3.58. The van der Waals surface area contributed by atoms with Gasteiger partial charge in [0.05, 0.1) is 21.6 Å². The number of fused-ring (bicyclic) bond motifs is 1. The summed E-state index contributed by atoms with van der Waals surface area (Å²) in [5, 5.41) is 0. The Balaban J connectivity index is 1.61. The highest BCUT2D eigenvalue weighted by molar-refractivity contribution is 7.91. The van der Waals surface area contributed by atoms with Crippen LogP contribution < -0.4 is 10.5 Å². The molecule has 0 aliphatic carbocycles. The molecule has 0 radical (unpaired) electrons. The molecule has 1 saturated heterocycles. The van der Waals surface area contributed by atoms with E-state index in [2.05, 4.69) is 9.97 Å². The average molecular weight is 440 g/mol. The van der Waals surface area contributed by atoms with Crippen LogP contribution in [0.5, 0.6) is 0 Å². The van der Waals surface area contributed by atoms with Crippen LogP contribution in [0.15, 0.2) is 39.6 Å². The van der Waals surface area contributed by atoms with E-state index in [4.69, 9.17) is 11.6 Å². The van der Waals surface area contributed by atoms with Crippen molar-refractivity contribution in [3.8, 4) is 0 Å². The predicted molar refractivity (Wildman–Crippen MR) is 110 cm³/mol. The summed E-state index contributed by atoms with van der Waals surface area (Å²) in [7, 11) is -3.58. The second kappa shape index (κ2) is 7.43. The first-order valence-electron chi connectivity index (χ1n) is 8.77. The van der Waals surface area contributed by atoms with Gasteiger partial charge in [-0.1, -0.05) is 11.6 Å². The zero-order chi connectivity index (χ0) is 19.9. The molecule has 3 aromatic rings. The number of aromatic nitrogens is 3. The predicted octanol–water partition coefficient (Wildman–Crippen LogP) is 2.04. The molecule has 0 unspecified atom stereocenters. The molecule has 3 aromatic heterocycles. The van der Waals surface area contributed by atoms with Gasteiger partial charge in [-0.25, -0.2) is 13.4 Å². The lowest BCUT2D eigenvalue weighted by Crippen LogP contribution is -2.50. The summed E-state index contributed by atoms with van der Waals surface area (Å²) in [6, 6.07) is 4.87. The lowest BCUT2D eigenvalue weighted by molar-refractivity contribution is 0.384. The Labute approximate surface area is 171 Å². The summed E-state index contributed by atoms with van der Waals surface area (Å²) in [4.78, 5) is 23.4. The van der Waals surface area contributed by atoms with Gasteiger partial charge in [0.1, 0.15) is 4.21 Å². The van der Waals surface area contributed by atoms with Crippen molar-refractivity contribution in [2.24, 2.45) is 0 Å². The maximum Gasteiger partial charge on any atom is 0.294 e. The third-order valence-electron chi connectivity index (χ3n) is 4.73. The molecule has 0 N–H and O–H groups in total. The standard InChI is InChI=1S/C17H18ClN5O3S2/c1-2-23-13-11-19-6-5-12(13)20-16(17(23)24)21-7-9-22(10-8-21)28(25,26)15-4-3-14(18)27-15/h3-6,11H,2,7-10H2,1H3. The van der Waals surface area contributed by atoms with Gasteiger partial charge in [-0.15, -0.1) is 11.3 Å². The first kappa shape index (κ1) is 19.3. The molecule has 148 valence electrons. The molecule has 0 aromatic carbocycles. The molecular weight excluding hydrogens is 422 g/mol. The van der Waals surface area contributed by atoms with Gasteiger partial charge in [-0.3, -0.25) is 9.78 Å². The van der Waals surface area contributed by atoms with Crippen LogP contribution in [0.2, 0.25) is 4.34 Å². The van der Waals surface area contributed by atoms with E-state index < -0.39 is 10.0 Å². The van der Waals surface area contributed by atoms with Crippen molar-refractivity contribution in [1.29, 1.82) is 0 Å². The summed E-state index contributed by atoms with van der Waals surface area (Å²) in [6.45, 7) is 3.74. The fraction of sp³-hybridized carbons (Fsp3) is 0.353. The van der Waals surface area contributed by atoms with Gasteiger partial charge < -0.3 is 9.47 Å². The zero-order valence-electron chi connectivity index (χ0n) is 15.1. The third kappa shape index (κ3) is 3.30. The molecule has 8 nitrogen and oxygen atoms in total. The van der Waals surface area contributed by atoms with Crippen LogP contribution in [0.4, 0.5) is 5.82 Å². The summed E-state index contributed by atoms with van der Waals surface area (Å²) >= 11 is 6.92. The molecule has 4 heterocycles. The number of piperazine rings is 1. The second-order valence-corrected chi connectivity index (χ2v) is 10.2. The Morgan fingerprint density at radius 2 is 1.93 bits per heavy atom. The van der Waals surface area contributed by atoms with Crippen molar-refractivity contribution in [3.05, 3.63) is 45.3 Å². The van der Waals surface area contributed by atoms with Gasteiger partial charge >= 0.3 is 0 Å². The van der Waals surface area contributed by atoms with Crippen molar-refractivity contribution >= 4 is 49.8 Å². The van der Waals surface area contributed by atoms with Gasteiger partial charge in [0, 0.05) is 38.9 Å². The van der Waals surface area contributed by atoms with Crippen LogP contribution in [0.25, 0.3) is 11.0 Å². The summed E-state index contributed by atoms with van der Waals surface area (Å²) in [5.41, 5.74) is 1.19. The molecule has 0 atom stereocenters. The van der Waals surface area contributed by atoms with Crippen molar-refractivity contribution in [1.82, 2.24) is 18.8 Å². The molecular formula is C17H18ClN5O3S2. The number of halogens is 1. The lowest BCUT2D eigenvalue weighted by atomic mass is 10.3. The normalized spacial score (nSPS) is 16.0. The van der Waals surface area contributed by atoms with Gasteiger partial charge in [0.2, 0.25) is 0 Å². The molecule has 0 spiro atoms. The van der Waals surface area contributed by atoms with Crippen LogP contribution in [0.3, 0.4) is 0 Å². The minimum absolute atomic E-state index is 0.190.